The standard InChI is InChI=1S/C19H34O4/c1-17(2,3)13-9-10-14-19(22-23-19)16(20)21-18(4,5)15-11-7-6-8-12-15/h15H,6-14H2,1-5H3. The van der Waals surface area contributed by atoms with Crippen LogP contribution in [0.5, 0.6) is 0 Å². The van der Waals surface area contributed by atoms with Gasteiger partial charge in [0.15, 0.2) is 0 Å². The average Bonchev–Trinajstić information content (AvgIpc) is 3.24. The molecule has 1 heterocycles. The first-order chi connectivity index (χ1) is 10.6. The lowest BCUT2D eigenvalue weighted by Crippen LogP contribution is -2.42. The van der Waals surface area contributed by atoms with E-state index in [4.69, 9.17) is 14.5 Å². The molecule has 1 saturated carbocycles. The monoisotopic (exact) mass is 326 g/mol. The van der Waals surface area contributed by atoms with E-state index in [1.54, 1.807) is 0 Å². The molecule has 134 valence electrons. The second-order valence-corrected chi connectivity index (χ2v) is 9.02. The second-order valence-electron chi connectivity index (χ2n) is 9.02. The van der Waals surface area contributed by atoms with Gasteiger partial charge in [-0.05, 0) is 50.9 Å². The molecule has 0 radical (unpaired) electrons. The predicted molar refractivity (Wildman–Crippen MR) is 89.6 cm³/mol. The Labute approximate surface area is 141 Å². The second kappa shape index (κ2) is 7.10. The molecule has 0 spiro atoms. The van der Waals surface area contributed by atoms with Gasteiger partial charge in [-0.25, -0.2) is 4.79 Å². The Balaban J connectivity index is 1.79. The van der Waals surface area contributed by atoms with Crippen LogP contribution in [-0.2, 0) is 19.3 Å². The maximum atomic E-state index is 12.5. The maximum absolute atomic E-state index is 12.5. The van der Waals surface area contributed by atoms with Crippen LogP contribution in [0, 0.1) is 11.3 Å². The minimum atomic E-state index is -1.12. The zero-order valence-electron chi connectivity index (χ0n) is 15.6. The van der Waals surface area contributed by atoms with E-state index in [1.165, 1.54) is 19.3 Å². The quantitative estimate of drug-likeness (QED) is 0.281. The topological polar surface area (TPSA) is 51.4 Å². The summed E-state index contributed by atoms with van der Waals surface area (Å²) >= 11 is 0. The smallest absolute Gasteiger partial charge is 0.373 e. The van der Waals surface area contributed by atoms with Gasteiger partial charge in [0.25, 0.3) is 0 Å². The first-order valence-electron chi connectivity index (χ1n) is 9.25. The molecule has 0 bridgehead atoms. The predicted octanol–water partition coefficient (Wildman–Crippen LogP) is 5.15. The van der Waals surface area contributed by atoms with E-state index in [1.807, 2.05) is 13.8 Å². The van der Waals surface area contributed by atoms with E-state index in [-0.39, 0.29) is 5.97 Å². The van der Waals surface area contributed by atoms with Crippen LogP contribution in [0.3, 0.4) is 0 Å². The van der Waals surface area contributed by atoms with Gasteiger partial charge in [-0.2, -0.15) is 9.78 Å². The highest BCUT2D eigenvalue weighted by Crippen LogP contribution is 2.41. The van der Waals surface area contributed by atoms with Crippen molar-refractivity contribution < 1.29 is 19.3 Å². The fraction of sp³-hybridized carbons (Fsp3) is 0.947. The van der Waals surface area contributed by atoms with E-state index in [0.29, 0.717) is 17.8 Å². The fourth-order valence-corrected chi connectivity index (χ4v) is 3.51. The summed E-state index contributed by atoms with van der Waals surface area (Å²) < 4.78 is 5.81. The van der Waals surface area contributed by atoms with Crippen molar-refractivity contribution in [2.45, 2.75) is 104 Å². The van der Waals surface area contributed by atoms with E-state index in [0.717, 1.165) is 32.1 Å². The van der Waals surface area contributed by atoms with Crippen LogP contribution in [0.15, 0.2) is 0 Å². The molecule has 23 heavy (non-hydrogen) atoms. The average molecular weight is 326 g/mol. The molecule has 0 atom stereocenters. The Bertz CT molecular complexity index is 398. The molecule has 2 fully saturated rings. The third kappa shape index (κ3) is 5.46. The van der Waals surface area contributed by atoms with E-state index < -0.39 is 11.4 Å². The van der Waals surface area contributed by atoms with Crippen molar-refractivity contribution in [2.24, 2.45) is 11.3 Å². The molecule has 1 saturated heterocycles. The van der Waals surface area contributed by atoms with Crippen molar-refractivity contribution in [3.8, 4) is 0 Å². The third-order valence-corrected chi connectivity index (χ3v) is 5.22. The lowest BCUT2D eigenvalue weighted by atomic mass is 9.78. The molecule has 4 nitrogen and oxygen atoms in total. The van der Waals surface area contributed by atoms with E-state index >= 15 is 0 Å². The van der Waals surface area contributed by atoms with Gasteiger partial charge in [-0.3, -0.25) is 0 Å². The molecule has 2 aliphatic rings. The summed E-state index contributed by atoms with van der Waals surface area (Å²) in [6.07, 6.45) is 9.74. The fourth-order valence-electron chi connectivity index (χ4n) is 3.51. The Hall–Kier alpha value is -0.610. The van der Waals surface area contributed by atoms with Crippen molar-refractivity contribution in [3.05, 3.63) is 0 Å². The number of esters is 1. The molecule has 0 aromatic heterocycles. The number of hydrogen-bond acceptors (Lipinski definition) is 4. The number of carbonyl (C=O) groups excluding carboxylic acids is 1. The van der Waals surface area contributed by atoms with Crippen molar-refractivity contribution in [1.82, 2.24) is 0 Å². The number of hydrogen-bond donors (Lipinski definition) is 0. The summed E-state index contributed by atoms with van der Waals surface area (Å²) in [7, 11) is 0. The minimum Gasteiger partial charge on any atom is -0.455 e. The molecular weight excluding hydrogens is 292 g/mol. The van der Waals surface area contributed by atoms with Gasteiger partial charge in [0.05, 0.1) is 0 Å². The summed E-state index contributed by atoms with van der Waals surface area (Å²) in [6.45, 7) is 10.7. The van der Waals surface area contributed by atoms with Crippen LogP contribution in [0.2, 0.25) is 0 Å². The van der Waals surface area contributed by atoms with Crippen LogP contribution in [0.1, 0.15) is 92.4 Å². The summed E-state index contributed by atoms with van der Waals surface area (Å²) in [5.74, 6) is -1.02. The molecule has 1 aliphatic carbocycles. The van der Waals surface area contributed by atoms with E-state index in [9.17, 15) is 4.79 Å². The molecule has 0 aromatic rings. The molecule has 1 aliphatic heterocycles. The van der Waals surface area contributed by atoms with Crippen molar-refractivity contribution in [1.29, 1.82) is 0 Å². The van der Waals surface area contributed by atoms with Gasteiger partial charge in [0.2, 0.25) is 0 Å². The highest BCUT2D eigenvalue weighted by molar-refractivity contribution is 5.79. The molecule has 0 amide bonds. The van der Waals surface area contributed by atoms with Gasteiger partial charge in [0, 0.05) is 6.42 Å². The third-order valence-electron chi connectivity index (χ3n) is 5.22. The number of ether oxygens (including phenoxy) is 1. The van der Waals surface area contributed by atoms with Gasteiger partial charge in [-0.1, -0.05) is 46.5 Å². The van der Waals surface area contributed by atoms with Crippen molar-refractivity contribution >= 4 is 5.97 Å². The van der Waals surface area contributed by atoms with Crippen LogP contribution < -0.4 is 0 Å². The summed E-state index contributed by atoms with van der Waals surface area (Å²) in [5, 5.41) is 0. The molecule has 0 aromatic carbocycles. The van der Waals surface area contributed by atoms with Gasteiger partial charge in [0.1, 0.15) is 5.60 Å². The summed E-state index contributed by atoms with van der Waals surface area (Å²) in [5.41, 5.74) is -0.118. The van der Waals surface area contributed by atoms with Crippen molar-refractivity contribution in [3.63, 3.8) is 0 Å². The Morgan fingerprint density at radius 2 is 1.65 bits per heavy atom. The molecular formula is C19H34O4. The zero-order valence-corrected chi connectivity index (χ0v) is 15.6. The van der Waals surface area contributed by atoms with Crippen LogP contribution >= 0.6 is 0 Å². The summed E-state index contributed by atoms with van der Waals surface area (Å²) in [4.78, 5) is 22.6. The Morgan fingerprint density at radius 3 is 2.17 bits per heavy atom. The molecule has 0 N–H and O–H groups in total. The van der Waals surface area contributed by atoms with Crippen molar-refractivity contribution in [2.75, 3.05) is 0 Å². The largest absolute Gasteiger partial charge is 0.455 e. The van der Waals surface area contributed by atoms with Gasteiger partial charge < -0.3 is 4.74 Å². The minimum absolute atomic E-state index is 0.321. The normalized spacial score (nSPS) is 22.0. The van der Waals surface area contributed by atoms with Gasteiger partial charge >= 0.3 is 11.8 Å². The summed E-state index contributed by atoms with van der Waals surface area (Å²) in [6, 6.07) is 0. The molecule has 4 heteroatoms. The molecule has 2 rings (SSSR count). The highest BCUT2D eigenvalue weighted by atomic mass is 17.4. The van der Waals surface area contributed by atoms with E-state index in [2.05, 4.69) is 20.8 Å². The zero-order chi connectivity index (χ0) is 17.1. The first kappa shape index (κ1) is 18.7. The Morgan fingerprint density at radius 1 is 1.04 bits per heavy atom. The number of rotatable bonds is 7. The molecule has 0 unspecified atom stereocenters. The van der Waals surface area contributed by atoms with Gasteiger partial charge in [-0.15, -0.1) is 0 Å². The first-order valence-corrected chi connectivity index (χ1v) is 9.25. The SMILES string of the molecule is CC(C)(C)CCCCC1(C(=O)OC(C)(C)C2CCCCC2)OO1. The number of carbonyl (C=O) groups is 1. The van der Waals surface area contributed by atoms with Crippen LogP contribution in [-0.4, -0.2) is 17.4 Å². The maximum Gasteiger partial charge on any atom is 0.373 e. The van der Waals surface area contributed by atoms with Crippen LogP contribution in [0.25, 0.3) is 0 Å². The van der Waals surface area contributed by atoms with Crippen LogP contribution in [0.4, 0.5) is 0 Å². The lowest BCUT2D eigenvalue weighted by molar-refractivity contribution is -0.171. The number of unbranched alkanes of at least 4 members (excludes halogenated alkanes) is 1. The Kier molecular flexibility index (Phi) is 5.78. The highest BCUT2D eigenvalue weighted by Gasteiger charge is 2.59. The lowest BCUT2D eigenvalue weighted by Gasteiger charge is -2.36.